The molecule has 3 nitrogen and oxygen atoms in total. The monoisotopic (exact) mass is 205 g/mol. The van der Waals surface area contributed by atoms with Crippen molar-refractivity contribution in [3.05, 3.63) is 35.6 Å². The molecule has 0 spiro atoms. The van der Waals surface area contributed by atoms with Gasteiger partial charge in [-0.2, -0.15) is 0 Å². The topological polar surface area (TPSA) is 51.8 Å². The smallest absolute Gasteiger partial charge is 0.123 e. The van der Waals surface area contributed by atoms with Crippen molar-refractivity contribution in [2.24, 2.45) is 5.73 Å². The normalized spacial score (nSPS) is 12.7. The summed E-state index contributed by atoms with van der Waals surface area (Å²) < 4.78 is 0. The molecule has 2 heterocycles. The van der Waals surface area contributed by atoms with Crippen LogP contribution in [-0.4, -0.2) is 9.97 Å². The third-order valence-corrected chi connectivity index (χ3v) is 2.83. The minimum Gasteiger partial charge on any atom is -0.323 e. The Balaban J connectivity index is 2.34. The maximum Gasteiger partial charge on any atom is 0.123 e. The molecule has 1 atom stereocenters. The van der Waals surface area contributed by atoms with Crippen LogP contribution in [0.5, 0.6) is 0 Å². The van der Waals surface area contributed by atoms with Crippen LogP contribution in [0.3, 0.4) is 0 Å². The first-order valence-corrected chi connectivity index (χ1v) is 5.27. The lowest BCUT2D eigenvalue weighted by atomic mass is 10.2. The quantitative estimate of drug-likeness (QED) is 0.818. The minimum atomic E-state index is 0.00170. The summed E-state index contributed by atoms with van der Waals surface area (Å²) in [6.45, 7) is 1.94. The van der Waals surface area contributed by atoms with Crippen molar-refractivity contribution in [2.75, 3.05) is 0 Å². The summed E-state index contributed by atoms with van der Waals surface area (Å²) in [4.78, 5) is 8.41. The lowest BCUT2D eigenvalue weighted by molar-refractivity contribution is 0.790. The number of hydrogen-bond acceptors (Lipinski definition) is 4. The zero-order valence-corrected chi connectivity index (χ0v) is 8.66. The molecule has 0 saturated heterocycles. The van der Waals surface area contributed by atoms with E-state index in [2.05, 4.69) is 9.97 Å². The van der Waals surface area contributed by atoms with E-state index in [0.717, 1.165) is 16.3 Å². The Hall–Kier alpha value is -1.26. The highest BCUT2D eigenvalue weighted by molar-refractivity contribution is 7.13. The van der Waals surface area contributed by atoms with Crippen LogP contribution in [0.4, 0.5) is 0 Å². The molecule has 2 aromatic rings. The van der Waals surface area contributed by atoms with Crippen molar-refractivity contribution in [1.82, 2.24) is 9.97 Å². The number of hydrogen-bond donors (Lipinski definition) is 1. The first-order chi connectivity index (χ1) is 6.77. The van der Waals surface area contributed by atoms with E-state index >= 15 is 0 Å². The molecule has 2 N–H and O–H groups in total. The van der Waals surface area contributed by atoms with Gasteiger partial charge < -0.3 is 5.73 Å². The highest BCUT2D eigenvalue weighted by Crippen LogP contribution is 2.24. The Morgan fingerprint density at radius 1 is 1.36 bits per heavy atom. The summed E-state index contributed by atoms with van der Waals surface area (Å²) in [5, 5.41) is 3.00. The van der Waals surface area contributed by atoms with Gasteiger partial charge in [-0.25, -0.2) is 4.98 Å². The first kappa shape index (κ1) is 9.30. The van der Waals surface area contributed by atoms with E-state index < -0.39 is 0 Å². The average molecular weight is 205 g/mol. The van der Waals surface area contributed by atoms with Gasteiger partial charge in [-0.15, -0.1) is 11.3 Å². The van der Waals surface area contributed by atoms with Crippen LogP contribution >= 0.6 is 11.3 Å². The van der Waals surface area contributed by atoms with Gasteiger partial charge in [0.2, 0.25) is 0 Å². The number of nitrogens with zero attached hydrogens (tertiary/aromatic N) is 2. The molecule has 2 aromatic heterocycles. The van der Waals surface area contributed by atoms with Crippen molar-refractivity contribution in [3.63, 3.8) is 0 Å². The number of pyridine rings is 1. The molecule has 0 aromatic carbocycles. The lowest BCUT2D eigenvalue weighted by Crippen LogP contribution is -2.04. The third kappa shape index (κ3) is 1.81. The predicted octanol–water partition coefficient (Wildman–Crippen LogP) is 2.22. The molecule has 1 unspecified atom stereocenters. The Morgan fingerprint density at radius 2 is 2.07 bits per heavy atom. The van der Waals surface area contributed by atoms with E-state index in [1.807, 2.05) is 24.4 Å². The Labute approximate surface area is 86.6 Å². The van der Waals surface area contributed by atoms with E-state index in [0.29, 0.717) is 0 Å². The molecular weight excluding hydrogens is 194 g/mol. The average Bonchev–Trinajstić information content (AvgIpc) is 2.68. The lowest BCUT2D eigenvalue weighted by Gasteiger charge is -1.97. The van der Waals surface area contributed by atoms with E-state index in [-0.39, 0.29) is 6.04 Å². The fourth-order valence-electron chi connectivity index (χ4n) is 1.12. The van der Waals surface area contributed by atoms with Gasteiger partial charge >= 0.3 is 0 Å². The summed E-state index contributed by atoms with van der Waals surface area (Å²) in [5.74, 6) is 0. The molecule has 0 aliphatic carbocycles. The van der Waals surface area contributed by atoms with Gasteiger partial charge in [-0.05, 0) is 19.1 Å². The van der Waals surface area contributed by atoms with Gasteiger partial charge in [0.25, 0.3) is 0 Å². The molecule has 2 rings (SSSR count). The molecule has 0 saturated carbocycles. The number of rotatable bonds is 2. The second kappa shape index (κ2) is 3.86. The minimum absolute atomic E-state index is 0.00170. The van der Waals surface area contributed by atoms with Gasteiger partial charge in [-0.1, -0.05) is 0 Å². The van der Waals surface area contributed by atoms with Crippen LogP contribution in [0.25, 0.3) is 10.6 Å². The fourth-order valence-corrected chi connectivity index (χ4v) is 2.05. The molecule has 0 aliphatic heterocycles. The van der Waals surface area contributed by atoms with E-state index in [9.17, 15) is 0 Å². The second-order valence-electron chi connectivity index (χ2n) is 3.10. The maximum atomic E-state index is 5.74. The highest BCUT2D eigenvalue weighted by atomic mass is 32.1. The van der Waals surface area contributed by atoms with Gasteiger partial charge in [0.05, 0.1) is 5.69 Å². The van der Waals surface area contributed by atoms with E-state index in [1.54, 1.807) is 23.7 Å². The maximum absolute atomic E-state index is 5.74. The van der Waals surface area contributed by atoms with Gasteiger partial charge in [0.15, 0.2) is 0 Å². The van der Waals surface area contributed by atoms with Crippen molar-refractivity contribution in [1.29, 1.82) is 0 Å². The van der Waals surface area contributed by atoms with Gasteiger partial charge in [-0.3, -0.25) is 4.98 Å². The van der Waals surface area contributed by atoms with E-state index in [1.165, 1.54) is 0 Å². The second-order valence-corrected chi connectivity index (χ2v) is 3.96. The van der Waals surface area contributed by atoms with Crippen LogP contribution < -0.4 is 5.73 Å². The Bertz CT molecular complexity index is 408. The summed E-state index contributed by atoms with van der Waals surface area (Å²) in [6.07, 6.45) is 3.53. The number of thiazole rings is 1. The molecule has 72 valence electrons. The van der Waals surface area contributed by atoms with Gasteiger partial charge in [0.1, 0.15) is 5.01 Å². The van der Waals surface area contributed by atoms with Crippen molar-refractivity contribution in [2.45, 2.75) is 13.0 Å². The molecule has 14 heavy (non-hydrogen) atoms. The van der Waals surface area contributed by atoms with Crippen molar-refractivity contribution < 1.29 is 0 Å². The Morgan fingerprint density at radius 3 is 2.64 bits per heavy atom. The summed E-state index contributed by atoms with van der Waals surface area (Å²) in [5.41, 5.74) is 7.78. The molecule has 0 aliphatic rings. The van der Waals surface area contributed by atoms with Crippen LogP contribution in [-0.2, 0) is 0 Å². The molecule has 0 amide bonds. The summed E-state index contributed by atoms with van der Waals surface area (Å²) >= 11 is 1.61. The fraction of sp³-hybridized carbons (Fsp3) is 0.200. The van der Waals surface area contributed by atoms with Crippen LogP contribution in [0.2, 0.25) is 0 Å². The zero-order valence-electron chi connectivity index (χ0n) is 7.84. The zero-order chi connectivity index (χ0) is 9.97. The van der Waals surface area contributed by atoms with Gasteiger partial charge in [0, 0.05) is 29.4 Å². The molecular formula is C10H11N3S. The number of aromatic nitrogens is 2. The van der Waals surface area contributed by atoms with Crippen LogP contribution in [0.1, 0.15) is 18.7 Å². The molecule has 0 bridgehead atoms. The standard InChI is InChI=1S/C10H11N3S/c1-7(11)9-6-14-10(13-9)8-2-4-12-5-3-8/h2-7H,11H2,1H3. The van der Waals surface area contributed by atoms with Crippen LogP contribution in [0, 0.1) is 0 Å². The third-order valence-electron chi connectivity index (χ3n) is 1.92. The predicted molar refractivity (Wildman–Crippen MR) is 57.9 cm³/mol. The van der Waals surface area contributed by atoms with E-state index in [4.69, 9.17) is 5.73 Å². The van der Waals surface area contributed by atoms with Crippen molar-refractivity contribution >= 4 is 11.3 Å². The SMILES string of the molecule is CC(N)c1csc(-c2ccncc2)n1. The highest BCUT2D eigenvalue weighted by Gasteiger charge is 2.06. The summed E-state index contributed by atoms with van der Waals surface area (Å²) in [6, 6.07) is 3.90. The largest absolute Gasteiger partial charge is 0.323 e. The molecule has 4 heteroatoms. The number of nitrogens with two attached hydrogens (primary N) is 1. The van der Waals surface area contributed by atoms with Crippen molar-refractivity contribution in [3.8, 4) is 10.6 Å². The molecule has 0 fully saturated rings. The van der Waals surface area contributed by atoms with Crippen LogP contribution in [0.15, 0.2) is 29.9 Å². The molecule has 0 radical (unpaired) electrons. The summed E-state index contributed by atoms with van der Waals surface area (Å²) in [7, 11) is 0. The Kier molecular flexibility index (Phi) is 2.56. The first-order valence-electron chi connectivity index (χ1n) is 4.39.